The van der Waals surface area contributed by atoms with E-state index < -0.39 is 5.54 Å². The fourth-order valence-corrected chi connectivity index (χ4v) is 0.102. The normalized spacial score (nSPS) is 11.5. The number of carbonyl (C=O) groups is 1. The van der Waals surface area contributed by atoms with E-state index in [0.29, 0.717) is 0 Å². The molecule has 0 aliphatic rings. The second-order valence-corrected chi connectivity index (χ2v) is 2.33. The van der Waals surface area contributed by atoms with Crippen LogP contribution < -0.4 is 11.3 Å². The molecular formula is C5H12N2O. The van der Waals surface area contributed by atoms with Crippen molar-refractivity contribution in [2.24, 2.45) is 5.84 Å². The van der Waals surface area contributed by atoms with E-state index in [1.807, 2.05) is 0 Å². The molecule has 0 aromatic heterocycles. The molecule has 0 aliphatic carbocycles. The van der Waals surface area contributed by atoms with Crippen molar-refractivity contribution in [2.75, 3.05) is 0 Å². The summed E-state index contributed by atoms with van der Waals surface area (Å²) in [5, 5.41) is 0. The maximum atomic E-state index is 10.6. The molecule has 8 heavy (non-hydrogen) atoms. The van der Waals surface area contributed by atoms with Gasteiger partial charge in [-0.05, 0) is 20.8 Å². The zero-order chi connectivity index (χ0) is 6.78. The number of carbonyl (C=O) groups excluding carboxylic acids is 1. The summed E-state index contributed by atoms with van der Waals surface area (Å²) in [4.78, 5) is 10.6. The van der Waals surface area contributed by atoms with Gasteiger partial charge in [-0.25, -0.2) is 5.43 Å². The van der Waals surface area contributed by atoms with Crippen LogP contribution in [0.1, 0.15) is 20.8 Å². The Morgan fingerprint density at radius 2 is 2.00 bits per heavy atom. The van der Waals surface area contributed by atoms with E-state index in [4.69, 9.17) is 5.84 Å². The van der Waals surface area contributed by atoms with E-state index in [0.717, 1.165) is 0 Å². The van der Waals surface area contributed by atoms with Gasteiger partial charge in [-0.2, -0.15) is 0 Å². The molecule has 0 radical (unpaired) electrons. The van der Waals surface area contributed by atoms with Gasteiger partial charge in [0.1, 0.15) is 0 Å². The highest BCUT2D eigenvalue weighted by atomic mass is 16.1. The fourth-order valence-electron chi connectivity index (χ4n) is 0.102. The van der Waals surface area contributed by atoms with Crippen molar-refractivity contribution in [3.63, 3.8) is 0 Å². The maximum Gasteiger partial charge on any atom is 0.150 e. The van der Waals surface area contributed by atoms with Crippen LogP contribution in [0.4, 0.5) is 0 Å². The molecular weight excluding hydrogens is 104 g/mol. The third-order valence-electron chi connectivity index (χ3n) is 1.24. The SMILES string of the molecule is CC(=O)C(C)(C)NN. The van der Waals surface area contributed by atoms with E-state index in [2.05, 4.69) is 5.43 Å². The minimum absolute atomic E-state index is 0.0417. The number of ketones is 1. The summed E-state index contributed by atoms with van der Waals surface area (Å²) in [7, 11) is 0. The Kier molecular flexibility index (Phi) is 2.12. The molecule has 0 fully saturated rings. The molecule has 0 amide bonds. The Labute approximate surface area is 49.2 Å². The molecule has 0 bridgehead atoms. The smallest absolute Gasteiger partial charge is 0.150 e. The molecule has 3 heteroatoms. The number of hydrogen-bond donors (Lipinski definition) is 2. The summed E-state index contributed by atoms with van der Waals surface area (Å²) in [5.74, 6) is 5.08. The van der Waals surface area contributed by atoms with E-state index in [-0.39, 0.29) is 5.78 Å². The predicted octanol–water partition coefficient (Wildman–Crippen LogP) is -0.183. The van der Waals surface area contributed by atoms with Crippen molar-refractivity contribution in [1.82, 2.24) is 5.43 Å². The minimum atomic E-state index is -0.569. The van der Waals surface area contributed by atoms with Crippen molar-refractivity contribution < 1.29 is 4.79 Å². The average Bonchev–Trinajstić information content (AvgIpc) is 1.67. The number of rotatable bonds is 2. The van der Waals surface area contributed by atoms with Crippen molar-refractivity contribution in [2.45, 2.75) is 26.3 Å². The molecule has 0 rings (SSSR count). The van der Waals surface area contributed by atoms with Crippen LogP contribution in [0.3, 0.4) is 0 Å². The quantitative estimate of drug-likeness (QED) is 0.388. The third-order valence-corrected chi connectivity index (χ3v) is 1.24. The summed E-state index contributed by atoms with van der Waals surface area (Å²) in [5.41, 5.74) is 1.82. The molecule has 0 saturated heterocycles. The average molecular weight is 116 g/mol. The first kappa shape index (κ1) is 7.59. The van der Waals surface area contributed by atoms with Crippen LogP contribution in [-0.2, 0) is 4.79 Å². The van der Waals surface area contributed by atoms with Crippen LogP contribution in [0.25, 0.3) is 0 Å². The lowest BCUT2D eigenvalue weighted by molar-refractivity contribution is -0.122. The summed E-state index contributed by atoms with van der Waals surface area (Å²) >= 11 is 0. The molecule has 0 heterocycles. The highest BCUT2D eigenvalue weighted by Crippen LogP contribution is 1.99. The van der Waals surface area contributed by atoms with Gasteiger partial charge in [0, 0.05) is 0 Å². The molecule has 0 spiro atoms. The summed E-state index contributed by atoms with van der Waals surface area (Å²) in [6, 6.07) is 0. The number of hydrazine groups is 1. The maximum absolute atomic E-state index is 10.6. The first-order chi connectivity index (χ1) is 3.50. The lowest BCUT2D eigenvalue weighted by Gasteiger charge is -2.18. The first-order valence-electron chi connectivity index (χ1n) is 2.49. The van der Waals surface area contributed by atoms with Crippen LogP contribution in [0.2, 0.25) is 0 Å². The van der Waals surface area contributed by atoms with E-state index in [1.165, 1.54) is 6.92 Å². The molecule has 0 saturated carbocycles. The van der Waals surface area contributed by atoms with Gasteiger partial charge in [-0.15, -0.1) is 0 Å². The van der Waals surface area contributed by atoms with Crippen molar-refractivity contribution in [3.05, 3.63) is 0 Å². The molecule has 3 nitrogen and oxygen atoms in total. The lowest BCUT2D eigenvalue weighted by atomic mass is 10.0. The van der Waals surface area contributed by atoms with E-state index >= 15 is 0 Å². The molecule has 3 N–H and O–H groups in total. The number of nitrogens with one attached hydrogen (secondary N) is 1. The number of Topliss-reactive ketones (excluding diaryl/α,β-unsaturated/α-hetero) is 1. The third kappa shape index (κ3) is 1.60. The second-order valence-electron chi connectivity index (χ2n) is 2.33. The highest BCUT2D eigenvalue weighted by Gasteiger charge is 2.20. The predicted molar refractivity (Wildman–Crippen MR) is 32.1 cm³/mol. The zero-order valence-corrected chi connectivity index (χ0v) is 5.49. The minimum Gasteiger partial charge on any atom is -0.298 e. The van der Waals surface area contributed by atoms with Gasteiger partial charge in [0.05, 0.1) is 5.54 Å². The second kappa shape index (κ2) is 2.24. The molecule has 0 aliphatic heterocycles. The standard InChI is InChI=1S/C5H12N2O/c1-4(8)5(2,3)7-6/h7H,6H2,1-3H3. The van der Waals surface area contributed by atoms with Gasteiger partial charge >= 0.3 is 0 Å². The Bertz CT molecular complexity index is 98.6. The van der Waals surface area contributed by atoms with Crippen LogP contribution in [0.15, 0.2) is 0 Å². The summed E-state index contributed by atoms with van der Waals surface area (Å²) in [6.45, 7) is 4.96. The van der Waals surface area contributed by atoms with Crippen LogP contribution >= 0.6 is 0 Å². The molecule has 0 unspecified atom stereocenters. The van der Waals surface area contributed by atoms with Gasteiger partial charge < -0.3 is 0 Å². The molecule has 48 valence electrons. The summed E-state index contributed by atoms with van der Waals surface area (Å²) < 4.78 is 0. The lowest BCUT2D eigenvalue weighted by Crippen LogP contribution is -2.49. The number of nitrogens with two attached hydrogens (primary N) is 1. The molecule has 0 atom stereocenters. The Hall–Kier alpha value is -0.410. The van der Waals surface area contributed by atoms with Gasteiger partial charge in [-0.1, -0.05) is 0 Å². The van der Waals surface area contributed by atoms with E-state index in [9.17, 15) is 4.79 Å². The van der Waals surface area contributed by atoms with Crippen LogP contribution in [-0.4, -0.2) is 11.3 Å². The first-order valence-corrected chi connectivity index (χ1v) is 2.49. The van der Waals surface area contributed by atoms with Crippen molar-refractivity contribution in [1.29, 1.82) is 0 Å². The van der Waals surface area contributed by atoms with Gasteiger partial charge in [0.2, 0.25) is 0 Å². The molecule has 0 aromatic carbocycles. The highest BCUT2D eigenvalue weighted by molar-refractivity contribution is 5.84. The Morgan fingerprint density at radius 3 is 2.00 bits per heavy atom. The Morgan fingerprint density at radius 1 is 1.62 bits per heavy atom. The van der Waals surface area contributed by atoms with Crippen LogP contribution in [0.5, 0.6) is 0 Å². The topological polar surface area (TPSA) is 55.1 Å². The van der Waals surface area contributed by atoms with Crippen molar-refractivity contribution >= 4 is 5.78 Å². The summed E-state index contributed by atoms with van der Waals surface area (Å²) in [6.07, 6.45) is 0. The number of hydrogen-bond acceptors (Lipinski definition) is 3. The van der Waals surface area contributed by atoms with Gasteiger partial charge in [0.25, 0.3) is 0 Å². The van der Waals surface area contributed by atoms with Gasteiger partial charge in [0.15, 0.2) is 5.78 Å². The van der Waals surface area contributed by atoms with Gasteiger partial charge in [-0.3, -0.25) is 10.6 Å². The van der Waals surface area contributed by atoms with Crippen LogP contribution in [0, 0.1) is 0 Å². The largest absolute Gasteiger partial charge is 0.298 e. The Balaban J connectivity index is 3.91. The van der Waals surface area contributed by atoms with Crippen molar-refractivity contribution in [3.8, 4) is 0 Å². The molecule has 0 aromatic rings. The monoisotopic (exact) mass is 116 g/mol. The van der Waals surface area contributed by atoms with E-state index in [1.54, 1.807) is 13.8 Å². The fraction of sp³-hybridized carbons (Fsp3) is 0.800. The zero-order valence-electron chi connectivity index (χ0n) is 5.49.